The van der Waals surface area contributed by atoms with Crippen LogP contribution in [0.1, 0.15) is 64.4 Å². The van der Waals surface area contributed by atoms with E-state index in [-0.39, 0.29) is 11.0 Å². The molecule has 5 heteroatoms. The first-order valence-electron chi connectivity index (χ1n) is 7.19. The van der Waals surface area contributed by atoms with Crippen molar-refractivity contribution in [2.75, 3.05) is 12.8 Å². The molecule has 1 fully saturated rings. The molecule has 0 bridgehead atoms. The van der Waals surface area contributed by atoms with E-state index in [0.29, 0.717) is 5.82 Å². The van der Waals surface area contributed by atoms with E-state index < -0.39 is 0 Å². The van der Waals surface area contributed by atoms with Crippen molar-refractivity contribution < 1.29 is 4.74 Å². The molecular formula is C15H24BrN3O. The number of ether oxygens (including phenoxy) is 1. The molecule has 0 amide bonds. The Labute approximate surface area is 129 Å². The van der Waals surface area contributed by atoms with E-state index in [1.807, 2.05) is 0 Å². The first kappa shape index (κ1) is 15.7. The summed E-state index contributed by atoms with van der Waals surface area (Å²) >= 11 is 3.52. The number of anilines is 1. The highest BCUT2D eigenvalue weighted by Gasteiger charge is 2.38. The number of nitrogens with zero attached hydrogens (tertiary/aromatic N) is 2. The van der Waals surface area contributed by atoms with Crippen molar-refractivity contribution in [3.8, 4) is 0 Å². The normalized spacial score (nSPS) is 19.1. The molecule has 4 nitrogen and oxygen atoms in total. The molecule has 0 saturated heterocycles. The van der Waals surface area contributed by atoms with Crippen LogP contribution in [0, 0.1) is 0 Å². The molecule has 1 aliphatic rings. The molecule has 0 radical (unpaired) electrons. The number of nitrogen functional groups attached to an aromatic ring is 1. The topological polar surface area (TPSA) is 61.0 Å². The second-order valence-electron chi connectivity index (χ2n) is 6.60. The average molecular weight is 342 g/mol. The van der Waals surface area contributed by atoms with Crippen LogP contribution in [0.4, 0.5) is 5.82 Å². The summed E-state index contributed by atoms with van der Waals surface area (Å²) in [6.07, 6.45) is 5.49. The molecule has 0 unspecified atom stereocenters. The Morgan fingerprint density at radius 3 is 2.25 bits per heavy atom. The Bertz CT molecular complexity index is 491. The van der Waals surface area contributed by atoms with Gasteiger partial charge in [0.2, 0.25) is 0 Å². The summed E-state index contributed by atoms with van der Waals surface area (Å²) in [4.78, 5) is 9.32. The molecule has 2 rings (SSSR count). The molecule has 1 aromatic rings. The summed E-state index contributed by atoms with van der Waals surface area (Å²) < 4.78 is 6.63. The molecule has 2 N–H and O–H groups in total. The maximum absolute atomic E-state index is 6.08. The van der Waals surface area contributed by atoms with Crippen LogP contribution < -0.4 is 5.73 Å². The van der Waals surface area contributed by atoms with Crippen molar-refractivity contribution >= 4 is 21.7 Å². The second kappa shape index (κ2) is 5.60. The zero-order valence-electron chi connectivity index (χ0n) is 12.8. The largest absolute Gasteiger partial charge is 0.383 e. The fraction of sp³-hybridized carbons (Fsp3) is 0.733. The van der Waals surface area contributed by atoms with E-state index in [9.17, 15) is 0 Å². The van der Waals surface area contributed by atoms with Gasteiger partial charge in [-0.05, 0) is 28.8 Å². The maximum atomic E-state index is 6.08. The molecule has 0 atom stereocenters. The maximum Gasteiger partial charge on any atom is 0.162 e. The molecule has 0 aromatic carbocycles. The molecule has 1 saturated carbocycles. The van der Waals surface area contributed by atoms with Gasteiger partial charge in [-0.1, -0.05) is 40.0 Å². The minimum absolute atomic E-state index is 0.0890. The Morgan fingerprint density at radius 2 is 1.75 bits per heavy atom. The van der Waals surface area contributed by atoms with Gasteiger partial charge in [-0.25, -0.2) is 9.97 Å². The van der Waals surface area contributed by atoms with Crippen LogP contribution >= 0.6 is 15.9 Å². The summed E-state index contributed by atoms with van der Waals surface area (Å²) in [5.41, 5.74) is 6.57. The van der Waals surface area contributed by atoms with E-state index >= 15 is 0 Å². The molecule has 1 aromatic heterocycles. The number of halogens is 1. The quantitative estimate of drug-likeness (QED) is 0.885. The van der Waals surface area contributed by atoms with Crippen LogP contribution in [0.3, 0.4) is 0 Å². The number of hydrogen-bond acceptors (Lipinski definition) is 4. The van der Waals surface area contributed by atoms with Gasteiger partial charge >= 0.3 is 0 Å². The number of aromatic nitrogens is 2. The Morgan fingerprint density at radius 1 is 1.15 bits per heavy atom. The van der Waals surface area contributed by atoms with Crippen molar-refractivity contribution in [2.45, 2.75) is 63.9 Å². The summed E-state index contributed by atoms with van der Waals surface area (Å²) in [6.45, 7) is 6.39. The highest BCUT2D eigenvalue weighted by atomic mass is 79.9. The third kappa shape index (κ3) is 2.84. The summed E-state index contributed by atoms with van der Waals surface area (Å²) in [5.74, 6) is 1.24. The van der Waals surface area contributed by atoms with Gasteiger partial charge in [0.1, 0.15) is 11.4 Å². The number of hydrogen-bond donors (Lipinski definition) is 1. The lowest BCUT2D eigenvalue weighted by Crippen LogP contribution is -2.34. The Balaban J connectivity index is 2.54. The fourth-order valence-electron chi connectivity index (χ4n) is 2.81. The summed E-state index contributed by atoms with van der Waals surface area (Å²) in [6, 6.07) is 0. The molecule has 112 valence electrons. The molecule has 20 heavy (non-hydrogen) atoms. The minimum Gasteiger partial charge on any atom is -0.383 e. The van der Waals surface area contributed by atoms with E-state index in [1.54, 1.807) is 7.11 Å². The molecule has 0 aliphatic heterocycles. The SMILES string of the molecule is COC1(c2nc(N)c(Br)c(C(C)(C)C)n2)CCCCC1. The molecule has 1 aliphatic carbocycles. The Hall–Kier alpha value is -0.680. The fourth-order valence-corrected chi connectivity index (χ4v) is 3.58. The van der Waals surface area contributed by atoms with E-state index in [4.69, 9.17) is 15.5 Å². The average Bonchev–Trinajstić information content (AvgIpc) is 2.41. The first-order chi connectivity index (χ1) is 9.30. The minimum atomic E-state index is -0.368. The lowest BCUT2D eigenvalue weighted by molar-refractivity contribution is -0.0516. The van der Waals surface area contributed by atoms with Gasteiger partial charge in [0.25, 0.3) is 0 Å². The van der Waals surface area contributed by atoms with Crippen molar-refractivity contribution in [1.82, 2.24) is 9.97 Å². The van der Waals surface area contributed by atoms with Crippen molar-refractivity contribution in [3.05, 3.63) is 16.0 Å². The van der Waals surface area contributed by atoms with Crippen molar-refractivity contribution in [1.29, 1.82) is 0 Å². The predicted molar refractivity (Wildman–Crippen MR) is 84.6 cm³/mol. The van der Waals surface area contributed by atoms with E-state index in [1.165, 1.54) is 6.42 Å². The lowest BCUT2D eigenvalue weighted by atomic mass is 9.83. The lowest BCUT2D eigenvalue weighted by Gasteiger charge is -2.35. The smallest absolute Gasteiger partial charge is 0.162 e. The number of rotatable bonds is 2. The summed E-state index contributed by atoms with van der Waals surface area (Å²) in [7, 11) is 1.75. The van der Waals surface area contributed by atoms with Gasteiger partial charge in [0.05, 0.1) is 10.2 Å². The predicted octanol–water partition coefficient (Wildman–Crippen LogP) is 3.92. The van der Waals surface area contributed by atoms with Crippen LogP contribution in [0.2, 0.25) is 0 Å². The third-order valence-electron chi connectivity index (χ3n) is 4.05. The number of methoxy groups -OCH3 is 1. The monoisotopic (exact) mass is 341 g/mol. The molecule has 1 heterocycles. The van der Waals surface area contributed by atoms with Crippen LogP contribution in [0.15, 0.2) is 4.47 Å². The molecule has 0 spiro atoms. The zero-order chi connectivity index (χ0) is 15.0. The van der Waals surface area contributed by atoms with E-state index in [0.717, 1.165) is 41.7 Å². The van der Waals surface area contributed by atoms with Gasteiger partial charge in [0.15, 0.2) is 5.82 Å². The second-order valence-corrected chi connectivity index (χ2v) is 7.40. The van der Waals surface area contributed by atoms with Crippen LogP contribution in [0.5, 0.6) is 0 Å². The van der Waals surface area contributed by atoms with Crippen molar-refractivity contribution in [2.24, 2.45) is 0 Å². The van der Waals surface area contributed by atoms with E-state index in [2.05, 4.69) is 41.7 Å². The van der Waals surface area contributed by atoms with Gasteiger partial charge in [-0.3, -0.25) is 0 Å². The van der Waals surface area contributed by atoms with Crippen LogP contribution in [0.25, 0.3) is 0 Å². The highest BCUT2D eigenvalue weighted by Crippen LogP contribution is 2.41. The Kier molecular flexibility index (Phi) is 4.40. The molecular weight excluding hydrogens is 318 g/mol. The van der Waals surface area contributed by atoms with Gasteiger partial charge in [-0.2, -0.15) is 0 Å². The van der Waals surface area contributed by atoms with Crippen molar-refractivity contribution in [3.63, 3.8) is 0 Å². The first-order valence-corrected chi connectivity index (χ1v) is 7.98. The van der Waals surface area contributed by atoms with Gasteiger partial charge in [-0.15, -0.1) is 0 Å². The standard InChI is InChI=1S/C15H24BrN3O/c1-14(2,3)11-10(16)12(17)19-13(18-11)15(20-4)8-6-5-7-9-15/h5-9H2,1-4H3,(H2,17,18,19). The van der Waals surface area contributed by atoms with Gasteiger partial charge in [0, 0.05) is 12.5 Å². The zero-order valence-corrected chi connectivity index (χ0v) is 14.4. The summed E-state index contributed by atoms with van der Waals surface area (Å²) in [5, 5.41) is 0. The van der Waals surface area contributed by atoms with Crippen LogP contribution in [-0.2, 0) is 15.8 Å². The van der Waals surface area contributed by atoms with Gasteiger partial charge < -0.3 is 10.5 Å². The van der Waals surface area contributed by atoms with Crippen LogP contribution in [-0.4, -0.2) is 17.1 Å². The number of nitrogens with two attached hydrogens (primary N) is 1. The third-order valence-corrected chi connectivity index (χ3v) is 4.83. The highest BCUT2D eigenvalue weighted by molar-refractivity contribution is 9.10.